The quantitative estimate of drug-likeness (QED) is 0.568. The number of ether oxygens (including phenoxy) is 2. The zero-order valence-corrected chi connectivity index (χ0v) is 16.8. The van der Waals surface area contributed by atoms with Crippen LogP contribution in [0.25, 0.3) is 0 Å². The molecular formula is C21H23ClN2O5. The molecule has 0 aliphatic heterocycles. The van der Waals surface area contributed by atoms with Crippen LogP contribution < -0.4 is 15.4 Å². The Morgan fingerprint density at radius 3 is 2.52 bits per heavy atom. The molecule has 29 heavy (non-hydrogen) atoms. The van der Waals surface area contributed by atoms with E-state index in [4.69, 9.17) is 21.1 Å². The highest BCUT2D eigenvalue weighted by Crippen LogP contribution is 2.23. The minimum atomic E-state index is -0.547. The Kier molecular flexibility index (Phi) is 8.98. The fourth-order valence-corrected chi connectivity index (χ4v) is 2.63. The van der Waals surface area contributed by atoms with Gasteiger partial charge in [-0.25, -0.2) is 0 Å². The number of rotatable bonds is 10. The van der Waals surface area contributed by atoms with Crippen molar-refractivity contribution in [3.63, 3.8) is 0 Å². The number of para-hydroxylation sites is 2. The minimum Gasteiger partial charge on any atom is -0.492 e. The topological polar surface area (TPSA) is 93.7 Å². The molecule has 0 heterocycles. The fourth-order valence-electron chi connectivity index (χ4n) is 2.44. The lowest BCUT2D eigenvalue weighted by atomic mass is 10.2. The third kappa shape index (κ3) is 8.23. The van der Waals surface area contributed by atoms with Crippen molar-refractivity contribution in [1.29, 1.82) is 0 Å². The number of nitrogens with one attached hydrogen (secondary N) is 2. The summed E-state index contributed by atoms with van der Waals surface area (Å²) in [7, 11) is 0. The molecule has 2 aromatic carbocycles. The van der Waals surface area contributed by atoms with Crippen molar-refractivity contribution in [2.75, 3.05) is 23.8 Å². The van der Waals surface area contributed by atoms with Crippen LogP contribution in [0.1, 0.15) is 26.2 Å². The molecule has 0 aliphatic carbocycles. The molecular weight excluding hydrogens is 396 g/mol. The SMILES string of the molecule is CCOc1ccccc1NC(=O)COC(=O)CCCC(=O)Nc1cccc(Cl)c1. The molecule has 0 radical (unpaired) electrons. The van der Waals surface area contributed by atoms with Crippen LogP contribution in [0.3, 0.4) is 0 Å². The second-order valence-corrected chi connectivity index (χ2v) is 6.49. The molecule has 7 nitrogen and oxygen atoms in total. The van der Waals surface area contributed by atoms with E-state index in [1.165, 1.54) is 0 Å². The van der Waals surface area contributed by atoms with Crippen LogP contribution in [-0.2, 0) is 19.1 Å². The number of esters is 1. The second-order valence-electron chi connectivity index (χ2n) is 6.05. The summed E-state index contributed by atoms with van der Waals surface area (Å²) in [6, 6.07) is 13.8. The lowest BCUT2D eigenvalue weighted by Gasteiger charge is -2.11. The van der Waals surface area contributed by atoms with E-state index in [1.54, 1.807) is 48.5 Å². The second kappa shape index (κ2) is 11.7. The number of hydrogen-bond acceptors (Lipinski definition) is 5. The average Bonchev–Trinajstić information content (AvgIpc) is 2.68. The van der Waals surface area contributed by atoms with Crippen molar-refractivity contribution in [2.45, 2.75) is 26.2 Å². The largest absolute Gasteiger partial charge is 0.492 e. The van der Waals surface area contributed by atoms with E-state index in [9.17, 15) is 14.4 Å². The van der Waals surface area contributed by atoms with Gasteiger partial charge in [0.15, 0.2) is 6.61 Å². The summed E-state index contributed by atoms with van der Waals surface area (Å²) in [6.07, 6.45) is 0.487. The molecule has 8 heteroatoms. The third-order valence-electron chi connectivity index (χ3n) is 3.72. The first-order valence-electron chi connectivity index (χ1n) is 9.20. The Morgan fingerprint density at radius 1 is 0.966 bits per heavy atom. The molecule has 0 aliphatic rings. The van der Waals surface area contributed by atoms with Crippen LogP contribution >= 0.6 is 11.6 Å². The van der Waals surface area contributed by atoms with Crippen LogP contribution in [0.5, 0.6) is 5.75 Å². The van der Waals surface area contributed by atoms with E-state index >= 15 is 0 Å². The summed E-state index contributed by atoms with van der Waals surface area (Å²) in [5.41, 5.74) is 1.10. The minimum absolute atomic E-state index is 0.0335. The van der Waals surface area contributed by atoms with Crippen LogP contribution in [0.4, 0.5) is 11.4 Å². The Labute approximate surface area is 174 Å². The molecule has 2 aromatic rings. The summed E-state index contributed by atoms with van der Waals surface area (Å²) < 4.78 is 10.4. The molecule has 0 saturated carbocycles. The van der Waals surface area contributed by atoms with E-state index < -0.39 is 18.5 Å². The van der Waals surface area contributed by atoms with E-state index in [0.717, 1.165) is 0 Å². The molecule has 2 rings (SSSR count). The van der Waals surface area contributed by atoms with Crippen molar-refractivity contribution < 1.29 is 23.9 Å². The first kappa shape index (κ1) is 22.2. The number of halogens is 1. The summed E-state index contributed by atoms with van der Waals surface area (Å²) in [5.74, 6) is -0.705. The van der Waals surface area contributed by atoms with E-state index in [-0.39, 0.29) is 18.7 Å². The van der Waals surface area contributed by atoms with Gasteiger partial charge in [-0.15, -0.1) is 0 Å². The fraction of sp³-hybridized carbons (Fsp3) is 0.286. The van der Waals surface area contributed by atoms with Gasteiger partial charge in [-0.1, -0.05) is 29.8 Å². The Bertz CT molecular complexity index is 856. The maximum absolute atomic E-state index is 12.0. The highest BCUT2D eigenvalue weighted by atomic mass is 35.5. The molecule has 2 amide bonds. The van der Waals surface area contributed by atoms with Gasteiger partial charge in [-0.2, -0.15) is 0 Å². The number of amides is 2. The van der Waals surface area contributed by atoms with E-state index in [1.807, 2.05) is 6.92 Å². The zero-order valence-electron chi connectivity index (χ0n) is 16.1. The van der Waals surface area contributed by atoms with Gasteiger partial charge < -0.3 is 20.1 Å². The normalized spacial score (nSPS) is 10.1. The summed E-state index contributed by atoms with van der Waals surface area (Å²) in [6.45, 7) is 1.90. The predicted molar refractivity (Wildman–Crippen MR) is 111 cm³/mol. The van der Waals surface area contributed by atoms with Crippen LogP contribution in [0.15, 0.2) is 48.5 Å². The molecule has 0 unspecified atom stereocenters. The van der Waals surface area contributed by atoms with Gasteiger partial charge in [-0.05, 0) is 43.7 Å². The molecule has 0 aromatic heterocycles. The number of carbonyl (C=O) groups is 3. The van der Waals surface area contributed by atoms with Crippen molar-refractivity contribution in [3.8, 4) is 5.75 Å². The van der Waals surface area contributed by atoms with Gasteiger partial charge in [0.05, 0.1) is 12.3 Å². The van der Waals surface area contributed by atoms with Gasteiger partial charge in [0.25, 0.3) is 5.91 Å². The van der Waals surface area contributed by atoms with Crippen molar-refractivity contribution in [2.24, 2.45) is 0 Å². The number of hydrogen-bond donors (Lipinski definition) is 2. The van der Waals surface area contributed by atoms with Crippen LogP contribution in [0, 0.1) is 0 Å². The van der Waals surface area contributed by atoms with Gasteiger partial charge in [0.1, 0.15) is 5.75 Å². The lowest BCUT2D eigenvalue weighted by Crippen LogP contribution is -2.21. The monoisotopic (exact) mass is 418 g/mol. The third-order valence-corrected chi connectivity index (χ3v) is 3.95. The molecule has 0 fully saturated rings. The summed E-state index contributed by atoms with van der Waals surface area (Å²) in [5, 5.41) is 5.86. The van der Waals surface area contributed by atoms with Crippen molar-refractivity contribution >= 4 is 40.8 Å². The zero-order chi connectivity index (χ0) is 21.1. The Morgan fingerprint density at radius 2 is 1.76 bits per heavy atom. The molecule has 0 bridgehead atoms. The summed E-state index contributed by atoms with van der Waals surface area (Å²) >= 11 is 5.86. The standard InChI is InChI=1S/C21H23ClN2O5/c1-2-28-18-10-4-3-9-17(18)24-20(26)14-29-21(27)12-6-11-19(25)23-16-8-5-7-15(22)13-16/h3-5,7-10,13H,2,6,11-12,14H2,1H3,(H,23,25)(H,24,26). The first-order chi connectivity index (χ1) is 14.0. The Hall–Kier alpha value is -3.06. The maximum Gasteiger partial charge on any atom is 0.306 e. The molecule has 0 saturated heterocycles. The predicted octanol–water partition coefficient (Wildman–Crippen LogP) is 4.03. The molecule has 0 atom stereocenters. The number of benzene rings is 2. The van der Waals surface area contributed by atoms with Crippen LogP contribution in [-0.4, -0.2) is 31.0 Å². The summed E-state index contributed by atoms with van der Waals surface area (Å²) in [4.78, 5) is 35.6. The van der Waals surface area contributed by atoms with Crippen LogP contribution in [0.2, 0.25) is 5.02 Å². The lowest BCUT2D eigenvalue weighted by molar-refractivity contribution is -0.147. The molecule has 0 spiro atoms. The van der Waals surface area contributed by atoms with Gasteiger partial charge in [-0.3, -0.25) is 14.4 Å². The first-order valence-corrected chi connectivity index (χ1v) is 9.58. The maximum atomic E-state index is 12.0. The van der Waals surface area contributed by atoms with Crippen molar-refractivity contribution in [3.05, 3.63) is 53.6 Å². The van der Waals surface area contributed by atoms with E-state index in [2.05, 4.69) is 10.6 Å². The number of anilines is 2. The highest BCUT2D eigenvalue weighted by molar-refractivity contribution is 6.30. The Balaban J connectivity index is 1.66. The molecule has 2 N–H and O–H groups in total. The smallest absolute Gasteiger partial charge is 0.306 e. The average molecular weight is 419 g/mol. The highest BCUT2D eigenvalue weighted by Gasteiger charge is 2.11. The van der Waals surface area contributed by atoms with Gasteiger partial charge in [0.2, 0.25) is 5.91 Å². The van der Waals surface area contributed by atoms with Crippen molar-refractivity contribution in [1.82, 2.24) is 0 Å². The number of carbonyl (C=O) groups excluding carboxylic acids is 3. The van der Waals surface area contributed by atoms with E-state index in [0.29, 0.717) is 35.2 Å². The van der Waals surface area contributed by atoms with Gasteiger partial charge >= 0.3 is 5.97 Å². The van der Waals surface area contributed by atoms with Gasteiger partial charge in [0, 0.05) is 23.6 Å². The molecule has 154 valence electrons.